The molecule has 1 aromatic heterocycles. The Morgan fingerprint density at radius 3 is 2.42 bits per heavy atom. The Bertz CT molecular complexity index is 987. The second-order valence-electron chi connectivity index (χ2n) is 8.58. The van der Waals surface area contributed by atoms with Crippen molar-refractivity contribution in [1.82, 2.24) is 9.29 Å². The summed E-state index contributed by atoms with van der Waals surface area (Å²) >= 11 is 0. The molecule has 31 heavy (non-hydrogen) atoms. The van der Waals surface area contributed by atoms with Crippen LogP contribution in [0.1, 0.15) is 31.2 Å². The number of anilines is 1. The molecule has 2 fully saturated rings. The standard InChI is InChI=1S/C23H30N4O3S/c24-23(28)20-7-4-12-26(17-20)22-9-8-21(16-25-22)31(29,30)27-13-10-19(11-14-27)15-18-5-2-1-3-6-18/h1-3,5-6,8-9,16,19-20H,4,7,10-15,17H2,(H2,24,28)/t20-/m1/s1. The van der Waals surface area contributed by atoms with Crippen LogP contribution in [0.15, 0.2) is 53.6 Å². The molecule has 0 bridgehead atoms. The summed E-state index contributed by atoms with van der Waals surface area (Å²) in [5.74, 6) is 0.717. The number of primary amides is 1. The van der Waals surface area contributed by atoms with Gasteiger partial charge in [-0.05, 0) is 55.7 Å². The lowest BCUT2D eigenvalue weighted by Crippen LogP contribution is -2.41. The highest BCUT2D eigenvalue weighted by Gasteiger charge is 2.30. The lowest BCUT2D eigenvalue weighted by Gasteiger charge is -2.32. The molecule has 0 radical (unpaired) electrons. The molecule has 1 aromatic carbocycles. The Labute approximate surface area is 184 Å². The van der Waals surface area contributed by atoms with Crippen LogP contribution >= 0.6 is 0 Å². The van der Waals surface area contributed by atoms with E-state index in [1.807, 2.05) is 23.1 Å². The predicted octanol–water partition coefficient (Wildman–Crippen LogP) is 2.43. The van der Waals surface area contributed by atoms with E-state index in [-0.39, 0.29) is 16.7 Å². The molecular formula is C23H30N4O3S. The molecule has 2 aliphatic heterocycles. The Morgan fingerprint density at radius 2 is 1.77 bits per heavy atom. The molecule has 1 amide bonds. The third kappa shape index (κ3) is 5.07. The van der Waals surface area contributed by atoms with Crippen LogP contribution in [0.2, 0.25) is 0 Å². The molecule has 3 heterocycles. The van der Waals surface area contributed by atoms with Crippen LogP contribution in [-0.2, 0) is 21.2 Å². The smallest absolute Gasteiger partial charge is 0.244 e. The van der Waals surface area contributed by atoms with Crippen LogP contribution in [0.25, 0.3) is 0 Å². The Hall–Kier alpha value is -2.45. The highest BCUT2D eigenvalue weighted by Crippen LogP contribution is 2.27. The Kier molecular flexibility index (Phi) is 6.57. The van der Waals surface area contributed by atoms with Gasteiger partial charge in [0.1, 0.15) is 10.7 Å². The number of carbonyl (C=O) groups excluding carboxylic acids is 1. The monoisotopic (exact) mass is 442 g/mol. The molecular weight excluding hydrogens is 412 g/mol. The lowest BCUT2D eigenvalue weighted by atomic mass is 9.91. The molecule has 8 heteroatoms. The highest BCUT2D eigenvalue weighted by atomic mass is 32.2. The van der Waals surface area contributed by atoms with E-state index in [4.69, 9.17) is 5.73 Å². The number of nitrogens with two attached hydrogens (primary N) is 1. The number of pyridine rings is 1. The van der Waals surface area contributed by atoms with Crippen molar-refractivity contribution < 1.29 is 13.2 Å². The van der Waals surface area contributed by atoms with E-state index in [1.54, 1.807) is 16.4 Å². The van der Waals surface area contributed by atoms with Gasteiger partial charge in [0, 0.05) is 32.4 Å². The lowest BCUT2D eigenvalue weighted by molar-refractivity contribution is -0.122. The minimum absolute atomic E-state index is 0.184. The van der Waals surface area contributed by atoms with E-state index in [1.165, 1.54) is 11.8 Å². The first-order chi connectivity index (χ1) is 14.9. The second kappa shape index (κ2) is 9.36. The molecule has 1 atom stereocenters. The van der Waals surface area contributed by atoms with Gasteiger partial charge in [0.25, 0.3) is 0 Å². The van der Waals surface area contributed by atoms with Crippen LogP contribution in [0, 0.1) is 11.8 Å². The molecule has 0 unspecified atom stereocenters. The van der Waals surface area contributed by atoms with Gasteiger partial charge in [-0.15, -0.1) is 0 Å². The minimum atomic E-state index is -3.55. The van der Waals surface area contributed by atoms with Gasteiger partial charge in [-0.1, -0.05) is 30.3 Å². The predicted molar refractivity (Wildman–Crippen MR) is 120 cm³/mol. The van der Waals surface area contributed by atoms with E-state index >= 15 is 0 Å². The third-order valence-electron chi connectivity index (χ3n) is 6.45. The molecule has 0 spiro atoms. The molecule has 0 saturated carbocycles. The van der Waals surface area contributed by atoms with Crippen LogP contribution in [0.3, 0.4) is 0 Å². The maximum absolute atomic E-state index is 13.1. The first-order valence-electron chi connectivity index (χ1n) is 11.0. The normalized spacial score (nSPS) is 21.2. The van der Waals surface area contributed by atoms with Crippen molar-refractivity contribution in [1.29, 1.82) is 0 Å². The number of sulfonamides is 1. The first-order valence-corrected chi connectivity index (χ1v) is 12.4. The second-order valence-corrected chi connectivity index (χ2v) is 10.5. The Balaban J connectivity index is 1.37. The fourth-order valence-corrected chi connectivity index (χ4v) is 6.00. The molecule has 2 N–H and O–H groups in total. The number of aromatic nitrogens is 1. The molecule has 2 aliphatic rings. The number of rotatable bonds is 6. The zero-order chi connectivity index (χ0) is 21.8. The van der Waals surface area contributed by atoms with Crippen molar-refractivity contribution >= 4 is 21.7 Å². The average molecular weight is 443 g/mol. The van der Waals surface area contributed by atoms with Crippen molar-refractivity contribution in [3.8, 4) is 0 Å². The van der Waals surface area contributed by atoms with Gasteiger partial charge in [0.2, 0.25) is 15.9 Å². The van der Waals surface area contributed by atoms with Crippen LogP contribution in [-0.4, -0.2) is 49.8 Å². The van der Waals surface area contributed by atoms with Gasteiger partial charge in [-0.25, -0.2) is 13.4 Å². The van der Waals surface area contributed by atoms with Crippen molar-refractivity contribution in [3.05, 3.63) is 54.2 Å². The van der Waals surface area contributed by atoms with Gasteiger partial charge < -0.3 is 10.6 Å². The highest BCUT2D eigenvalue weighted by molar-refractivity contribution is 7.89. The van der Waals surface area contributed by atoms with Gasteiger partial charge in [0.05, 0.1) is 5.92 Å². The number of amides is 1. The van der Waals surface area contributed by atoms with Crippen molar-refractivity contribution in [2.75, 3.05) is 31.1 Å². The fourth-order valence-electron chi connectivity index (χ4n) is 4.58. The van der Waals surface area contributed by atoms with Crippen LogP contribution in [0.5, 0.6) is 0 Å². The first kappa shape index (κ1) is 21.8. The average Bonchev–Trinajstić information content (AvgIpc) is 2.80. The van der Waals surface area contributed by atoms with E-state index in [0.717, 1.165) is 38.6 Å². The molecule has 4 rings (SSSR count). The number of hydrogen-bond donors (Lipinski definition) is 1. The molecule has 0 aliphatic carbocycles. The fraction of sp³-hybridized carbons (Fsp3) is 0.478. The topological polar surface area (TPSA) is 96.6 Å². The van der Waals surface area contributed by atoms with Crippen molar-refractivity contribution in [3.63, 3.8) is 0 Å². The van der Waals surface area contributed by atoms with Crippen molar-refractivity contribution in [2.24, 2.45) is 17.6 Å². The molecule has 2 saturated heterocycles. The third-order valence-corrected chi connectivity index (χ3v) is 8.33. The van der Waals surface area contributed by atoms with Gasteiger partial charge in [-0.3, -0.25) is 4.79 Å². The van der Waals surface area contributed by atoms with Crippen molar-refractivity contribution in [2.45, 2.75) is 37.0 Å². The SMILES string of the molecule is NC(=O)[C@@H]1CCCN(c2ccc(S(=O)(=O)N3CCC(Cc4ccccc4)CC3)cn2)C1. The summed E-state index contributed by atoms with van der Waals surface area (Å²) in [4.78, 5) is 18.1. The number of carbonyl (C=O) groups is 1. The van der Waals surface area contributed by atoms with Crippen LogP contribution < -0.4 is 10.6 Å². The summed E-state index contributed by atoms with van der Waals surface area (Å²) in [6, 6.07) is 13.7. The zero-order valence-electron chi connectivity index (χ0n) is 17.7. The summed E-state index contributed by atoms with van der Waals surface area (Å²) in [6.45, 7) is 2.39. The number of hydrogen-bond acceptors (Lipinski definition) is 5. The number of piperidine rings is 2. The van der Waals surface area contributed by atoms with Gasteiger partial charge in [0.15, 0.2) is 0 Å². The van der Waals surface area contributed by atoms with E-state index in [2.05, 4.69) is 17.1 Å². The summed E-state index contributed by atoms with van der Waals surface area (Å²) < 4.78 is 27.8. The summed E-state index contributed by atoms with van der Waals surface area (Å²) in [5, 5.41) is 0. The van der Waals surface area contributed by atoms with Gasteiger partial charge >= 0.3 is 0 Å². The molecule has 2 aromatic rings. The number of benzene rings is 1. The van der Waals surface area contributed by atoms with E-state index in [0.29, 0.717) is 31.4 Å². The summed E-state index contributed by atoms with van der Waals surface area (Å²) in [6.07, 6.45) is 5.82. The summed E-state index contributed by atoms with van der Waals surface area (Å²) in [7, 11) is -3.55. The van der Waals surface area contributed by atoms with Crippen LogP contribution in [0.4, 0.5) is 5.82 Å². The quantitative estimate of drug-likeness (QED) is 0.741. The largest absolute Gasteiger partial charge is 0.369 e. The molecule has 7 nitrogen and oxygen atoms in total. The Morgan fingerprint density at radius 1 is 1.03 bits per heavy atom. The summed E-state index contributed by atoms with van der Waals surface area (Å²) in [5.41, 5.74) is 6.76. The maximum Gasteiger partial charge on any atom is 0.244 e. The van der Waals surface area contributed by atoms with E-state index in [9.17, 15) is 13.2 Å². The van der Waals surface area contributed by atoms with Gasteiger partial charge in [-0.2, -0.15) is 4.31 Å². The minimum Gasteiger partial charge on any atom is -0.369 e. The molecule has 166 valence electrons. The maximum atomic E-state index is 13.1. The van der Waals surface area contributed by atoms with E-state index < -0.39 is 10.0 Å². The zero-order valence-corrected chi connectivity index (χ0v) is 18.5. The number of nitrogens with zero attached hydrogens (tertiary/aromatic N) is 3.